The topological polar surface area (TPSA) is 43.8 Å². The second-order valence-corrected chi connectivity index (χ2v) is 8.45. The molecule has 6 heteroatoms. The van der Waals surface area contributed by atoms with Crippen LogP contribution in [0.3, 0.4) is 0 Å². The van der Waals surface area contributed by atoms with E-state index in [9.17, 15) is 0 Å². The maximum Gasteiger partial charge on any atom is 0.496 e. The van der Waals surface area contributed by atoms with Gasteiger partial charge in [-0.05, 0) is 53.0 Å². The molecule has 2 aliphatic heterocycles. The molecule has 1 aromatic heterocycles. The van der Waals surface area contributed by atoms with Crippen molar-refractivity contribution in [2.24, 2.45) is 0 Å². The third kappa shape index (κ3) is 2.65. The van der Waals surface area contributed by atoms with Gasteiger partial charge in [0.05, 0.1) is 23.4 Å². The molecule has 3 aliphatic rings. The van der Waals surface area contributed by atoms with Crippen molar-refractivity contribution in [3.63, 3.8) is 0 Å². The number of hydrogen-bond donors (Lipinski definition) is 0. The lowest BCUT2D eigenvalue weighted by atomic mass is 9.79. The fourth-order valence-corrected chi connectivity index (χ4v) is 3.50. The van der Waals surface area contributed by atoms with E-state index in [4.69, 9.17) is 19.0 Å². The molecule has 3 heterocycles. The van der Waals surface area contributed by atoms with E-state index in [1.165, 1.54) is 18.4 Å². The molecule has 0 amide bonds. The van der Waals surface area contributed by atoms with E-state index in [1.807, 2.05) is 6.20 Å². The largest absolute Gasteiger partial charge is 0.496 e. The molecule has 1 saturated carbocycles. The van der Waals surface area contributed by atoms with Gasteiger partial charge in [0.25, 0.3) is 0 Å². The summed E-state index contributed by atoms with van der Waals surface area (Å²) in [7, 11) is -0.352. The van der Waals surface area contributed by atoms with Crippen molar-refractivity contribution >= 4 is 18.4 Å². The fourth-order valence-electron chi connectivity index (χ4n) is 3.50. The molecule has 0 atom stereocenters. The Kier molecular flexibility index (Phi) is 3.54. The quantitative estimate of drug-likeness (QED) is 0.777. The minimum absolute atomic E-state index is 0.108. The van der Waals surface area contributed by atoms with Crippen LogP contribution in [0.25, 0.3) is 0 Å². The Morgan fingerprint density at radius 1 is 1.12 bits per heavy atom. The first-order valence-corrected chi connectivity index (χ1v) is 8.93. The van der Waals surface area contributed by atoms with Gasteiger partial charge in [-0.1, -0.05) is 6.07 Å². The van der Waals surface area contributed by atoms with Gasteiger partial charge in [-0.3, -0.25) is 0 Å². The molecule has 5 nitrogen and oxygen atoms in total. The average molecular weight is 330 g/mol. The Morgan fingerprint density at radius 3 is 2.38 bits per heavy atom. The molecular formula is C18H27BN2O3. The van der Waals surface area contributed by atoms with E-state index in [2.05, 4.69) is 45.6 Å². The Labute approximate surface area is 144 Å². The first kappa shape index (κ1) is 16.4. The molecular weight excluding hydrogens is 303 g/mol. The van der Waals surface area contributed by atoms with Crippen LogP contribution in [-0.2, 0) is 14.0 Å². The lowest BCUT2D eigenvalue weighted by Crippen LogP contribution is -2.45. The summed E-state index contributed by atoms with van der Waals surface area (Å²) in [5.74, 6) is 1.06. The summed E-state index contributed by atoms with van der Waals surface area (Å²) < 4.78 is 18.2. The van der Waals surface area contributed by atoms with Crippen LogP contribution in [0.15, 0.2) is 12.3 Å². The predicted octanol–water partition coefficient (Wildman–Crippen LogP) is 2.06. The molecule has 2 saturated heterocycles. The molecule has 130 valence electrons. The summed E-state index contributed by atoms with van der Waals surface area (Å²) in [6.07, 6.45) is 4.25. The number of pyridine rings is 1. The number of aryl methyl sites for hydroxylation is 1. The summed E-state index contributed by atoms with van der Waals surface area (Å²) >= 11 is 0. The van der Waals surface area contributed by atoms with Crippen LogP contribution in [0.5, 0.6) is 0 Å². The molecule has 24 heavy (non-hydrogen) atoms. The van der Waals surface area contributed by atoms with E-state index in [0.29, 0.717) is 0 Å². The van der Waals surface area contributed by atoms with Crippen molar-refractivity contribution < 1.29 is 14.0 Å². The lowest BCUT2D eigenvalue weighted by Gasteiger charge is -2.35. The summed E-state index contributed by atoms with van der Waals surface area (Å²) in [4.78, 5) is 7.11. The molecule has 0 bridgehead atoms. The second kappa shape index (κ2) is 5.20. The standard InChI is InChI=1S/C18H27BN2O3/c1-13-10-14(19-23-16(2,3)17(4,5)24-19)11-20-15(13)21-8-9-22-18(12-21)6-7-18/h10-11H,6-9,12H2,1-5H3. The van der Waals surface area contributed by atoms with E-state index in [0.717, 1.165) is 31.0 Å². The van der Waals surface area contributed by atoms with E-state index in [1.54, 1.807) is 0 Å². The van der Waals surface area contributed by atoms with Crippen molar-refractivity contribution in [3.05, 3.63) is 17.8 Å². The third-order valence-corrected chi connectivity index (χ3v) is 5.95. The van der Waals surface area contributed by atoms with E-state index in [-0.39, 0.29) is 23.9 Å². The zero-order chi connectivity index (χ0) is 17.2. The van der Waals surface area contributed by atoms with Crippen LogP contribution in [-0.4, -0.2) is 48.6 Å². The number of rotatable bonds is 2. The van der Waals surface area contributed by atoms with Crippen LogP contribution in [0, 0.1) is 6.92 Å². The molecule has 1 spiro atoms. The van der Waals surface area contributed by atoms with Crippen LogP contribution in [0.2, 0.25) is 0 Å². The number of anilines is 1. The van der Waals surface area contributed by atoms with Gasteiger partial charge in [0.2, 0.25) is 0 Å². The van der Waals surface area contributed by atoms with Gasteiger partial charge in [-0.2, -0.15) is 0 Å². The van der Waals surface area contributed by atoms with Crippen LogP contribution >= 0.6 is 0 Å². The van der Waals surface area contributed by atoms with Gasteiger partial charge in [0.1, 0.15) is 5.82 Å². The summed E-state index contributed by atoms with van der Waals surface area (Å²) in [6.45, 7) is 13.1. The zero-order valence-corrected chi connectivity index (χ0v) is 15.4. The Hall–Kier alpha value is -1.11. The molecule has 3 fully saturated rings. The first-order chi connectivity index (χ1) is 11.2. The Bertz CT molecular complexity index is 642. The molecule has 0 aromatic carbocycles. The minimum atomic E-state index is -0.352. The highest BCUT2D eigenvalue weighted by Crippen LogP contribution is 2.43. The maximum atomic E-state index is 6.14. The van der Waals surface area contributed by atoms with Crippen molar-refractivity contribution in [3.8, 4) is 0 Å². The van der Waals surface area contributed by atoms with Gasteiger partial charge >= 0.3 is 7.12 Å². The minimum Gasteiger partial charge on any atom is -0.399 e. The normalized spacial score (nSPS) is 26.9. The molecule has 0 unspecified atom stereocenters. The molecule has 0 N–H and O–H groups in total. The summed E-state index contributed by atoms with van der Waals surface area (Å²) in [6, 6.07) is 2.15. The average Bonchev–Trinajstić information content (AvgIpc) is 3.19. The van der Waals surface area contributed by atoms with E-state index < -0.39 is 0 Å². The van der Waals surface area contributed by atoms with Crippen molar-refractivity contribution in [1.29, 1.82) is 0 Å². The third-order valence-electron chi connectivity index (χ3n) is 5.95. The van der Waals surface area contributed by atoms with Gasteiger partial charge in [0.15, 0.2) is 0 Å². The Balaban J connectivity index is 1.55. The highest BCUT2D eigenvalue weighted by atomic mass is 16.7. The van der Waals surface area contributed by atoms with Crippen molar-refractivity contribution in [2.45, 2.75) is 64.3 Å². The maximum absolute atomic E-state index is 6.14. The highest BCUT2D eigenvalue weighted by Gasteiger charge is 2.52. The fraction of sp³-hybridized carbons (Fsp3) is 0.722. The molecule has 1 aliphatic carbocycles. The summed E-state index contributed by atoms with van der Waals surface area (Å²) in [5, 5.41) is 0. The van der Waals surface area contributed by atoms with Crippen molar-refractivity contribution in [1.82, 2.24) is 4.98 Å². The molecule has 1 aromatic rings. The monoisotopic (exact) mass is 330 g/mol. The number of ether oxygens (including phenoxy) is 1. The Morgan fingerprint density at radius 2 is 1.79 bits per heavy atom. The summed E-state index contributed by atoms with van der Waals surface area (Å²) in [5.41, 5.74) is 1.61. The van der Waals surface area contributed by atoms with Crippen molar-refractivity contribution in [2.75, 3.05) is 24.6 Å². The van der Waals surface area contributed by atoms with Gasteiger partial charge in [-0.15, -0.1) is 0 Å². The molecule has 0 radical (unpaired) electrons. The smallest absolute Gasteiger partial charge is 0.399 e. The zero-order valence-electron chi connectivity index (χ0n) is 15.4. The van der Waals surface area contributed by atoms with Gasteiger partial charge in [0, 0.05) is 24.7 Å². The van der Waals surface area contributed by atoms with Crippen LogP contribution < -0.4 is 10.4 Å². The predicted molar refractivity (Wildman–Crippen MR) is 94.8 cm³/mol. The van der Waals surface area contributed by atoms with Gasteiger partial charge in [-0.25, -0.2) is 4.98 Å². The SMILES string of the molecule is Cc1cc(B2OC(C)(C)C(C)(C)O2)cnc1N1CCOC2(CC2)C1. The highest BCUT2D eigenvalue weighted by molar-refractivity contribution is 6.62. The molecule has 4 rings (SSSR count). The van der Waals surface area contributed by atoms with Gasteiger partial charge < -0.3 is 18.9 Å². The van der Waals surface area contributed by atoms with Crippen LogP contribution in [0.1, 0.15) is 46.1 Å². The number of hydrogen-bond acceptors (Lipinski definition) is 5. The number of aromatic nitrogens is 1. The van der Waals surface area contributed by atoms with E-state index >= 15 is 0 Å². The first-order valence-electron chi connectivity index (χ1n) is 8.93. The van der Waals surface area contributed by atoms with Crippen LogP contribution in [0.4, 0.5) is 5.82 Å². The second-order valence-electron chi connectivity index (χ2n) is 8.45. The number of nitrogens with zero attached hydrogens (tertiary/aromatic N) is 2. The lowest BCUT2D eigenvalue weighted by molar-refractivity contribution is 0.00578. The number of morpholine rings is 1.